The van der Waals surface area contributed by atoms with Gasteiger partial charge < -0.3 is 20.7 Å². The minimum atomic E-state index is -0.571. The van der Waals surface area contributed by atoms with Crippen LogP contribution in [0, 0.1) is 32.1 Å². The zero-order valence-corrected chi connectivity index (χ0v) is 24.1. The fourth-order valence-corrected chi connectivity index (χ4v) is 6.43. The maximum absolute atomic E-state index is 13.6. The number of nitriles is 1. The van der Waals surface area contributed by atoms with E-state index in [2.05, 4.69) is 22.0 Å². The lowest BCUT2D eigenvalue weighted by molar-refractivity contribution is -0.114. The molecule has 9 heteroatoms. The van der Waals surface area contributed by atoms with Crippen molar-refractivity contribution in [2.24, 2.45) is 0 Å². The summed E-state index contributed by atoms with van der Waals surface area (Å²) in [6.45, 7) is 7.78. The highest BCUT2D eigenvalue weighted by atomic mass is 32.2. The molecule has 3 aromatic rings. The topological polar surface area (TPSA) is 103 Å². The van der Waals surface area contributed by atoms with Gasteiger partial charge in [-0.2, -0.15) is 5.26 Å². The lowest BCUT2D eigenvalue weighted by atomic mass is 9.86. The van der Waals surface area contributed by atoms with Crippen molar-refractivity contribution in [2.45, 2.75) is 33.6 Å². The number of benzene rings is 2. The van der Waals surface area contributed by atoms with Gasteiger partial charge in [0.2, 0.25) is 5.91 Å². The highest BCUT2D eigenvalue weighted by Gasteiger charge is 2.35. The van der Waals surface area contributed by atoms with Gasteiger partial charge in [-0.3, -0.25) is 9.59 Å². The number of hydrogen-bond acceptors (Lipinski definition) is 7. The minimum Gasteiger partial charge on any atom is -0.495 e. The number of para-hydroxylation sites is 2. The fraction of sp³-hybridized carbons (Fsp3) is 0.233. The molecule has 39 heavy (non-hydrogen) atoms. The number of ether oxygens (including phenoxy) is 1. The molecular weight excluding hydrogens is 528 g/mol. The molecule has 1 aromatic heterocycles. The summed E-state index contributed by atoms with van der Waals surface area (Å²) < 4.78 is 5.39. The first-order valence-corrected chi connectivity index (χ1v) is 14.2. The van der Waals surface area contributed by atoms with Crippen molar-refractivity contribution in [3.05, 3.63) is 97.4 Å². The van der Waals surface area contributed by atoms with E-state index in [1.165, 1.54) is 23.1 Å². The molecule has 2 heterocycles. The molecular formula is C30H30N4O3S2. The molecule has 4 rings (SSSR count). The molecule has 200 valence electrons. The highest BCUT2D eigenvalue weighted by molar-refractivity contribution is 8.03. The molecule has 2 aromatic carbocycles. The van der Waals surface area contributed by atoms with Gasteiger partial charge in [0.1, 0.15) is 5.75 Å². The third kappa shape index (κ3) is 6.19. The van der Waals surface area contributed by atoms with Crippen LogP contribution in [0.15, 0.2) is 75.8 Å². The van der Waals surface area contributed by atoms with Crippen LogP contribution in [0.4, 0.5) is 11.4 Å². The van der Waals surface area contributed by atoms with E-state index < -0.39 is 5.92 Å². The number of anilines is 2. The zero-order chi connectivity index (χ0) is 28.1. The van der Waals surface area contributed by atoms with Crippen LogP contribution in [0.25, 0.3) is 0 Å². The minimum absolute atomic E-state index is 0.105. The molecule has 1 aliphatic heterocycles. The van der Waals surface area contributed by atoms with Crippen molar-refractivity contribution >= 4 is 46.3 Å². The van der Waals surface area contributed by atoms with E-state index in [1.54, 1.807) is 19.2 Å². The molecule has 0 saturated heterocycles. The van der Waals surface area contributed by atoms with Crippen molar-refractivity contribution in [1.29, 1.82) is 5.26 Å². The van der Waals surface area contributed by atoms with Crippen LogP contribution >= 0.6 is 23.1 Å². The second kappa shape index (κ2) is 12.2. The van der Waals surface area contributed by atoms with Gasteiger partial charge in [-0.05, 0) is 62.4 Å². The quantitative estimate of drug-likeness (QED) is 0.296. The average Bonchev–Trinajstić information content (AvgIpc) is 3.44. The number of thiophene rings is 1. The summed E-state index contributed by atoms with van der Waals surface area (Å²) in [5.41, 5.74) is 5.94. The van der Waals surface area contributed by atoms with Gasteiger partial charge in [-0.15, -0.1) is 11.3 Å². The van der Waals surface area contributed by atoms with E-state index in [1.807, 2.05) is 69.5 Å². The summed E-state index contributed by atoms with van der Waals surface area (Å²) in [5, 5.41) is 21.9. The van der Waals surface area contributed by atoms with Crippen LogP contribution in [0.3, 0.4) is 0 Å². The fourth-order valence-electron chi connectivity index (χ4n) is 4.70. The third-order valence-corrected chi connectivity index (χ3v) is 8.32. The Hall–Kier alpha value is -4.00. The predicted octanol–water partition coefficient (Wildman–Crippen LogP) is 6.39. The van der Waals surface area contributed by atoms with Crippen molar-refractivity contribution in [3.63, 3.8) is 0 Å². The van der Waals surface area contributed by atoms with Crippen LogP contribution in [0.2, 0.25) is 0 Å². The predicted molar refractivity (Wildman–Crippen MR) is 159 cm³/mol. The van der Waals surface area contributed by atoms with E-state index >= 15 is 0 Å². The number of rotatable bonds is 8. The van der Waals surface area contributed by atoms with Gasteiger partial charge in [-0.1, -0.05) is 47.7 Å². The molecule has 0 spiro atoms. The monoisotopic (exact) mass is 558 g/mol. The number of nitrogens with one attached hydrogen (secondary N) is 3. The molecule has 3 N–H and O–H groups in total. The first kappa shape index (κ1) is 28.0. The normalized spacial score (nSPS) is 14.9. The van der Waals surface area contributed by atoms with E-state index in [-0.39, 0.29) is 17.6 Å². The number of aryl methyl sites for hydroxylation is 3. The van der Waals surface area contributed by atoms with Crippen LogP contribution < -0.4 is 20.7 Å². The van der Waals surface area contributed by atoms with Crippen LogP contribution in [-0.2, 0) is 9.59 Å². The lowest BCUT2D eigenvalue weighted by Crippen LogP contribution is -2.31. The van der Waals surface area contributed by atoms with Crippen molar-refractivity contribution in [2.75, 3.05) is 23.5 Å². The molecule has 0 saturated carbocycles. The second-order valence-corrected chi connectivity index (χ2v) is 11.2. The summed E-state index contributed by atoms with van der Waals surface area (Å²) in [7, 11) is 1.55. The number of nitrogens with zero attached hydrogens (tertiary/aromatic N) is 1. The Morgan fingerprint density at radius 1 is 1.08 bits per heavy atom. The van der Waals surface area contributed by atoms with E-state index in [9.17, 15) is 14.9 Å². The number of carbonyl (C=O) groups is 2. The summed E-state index contributed by atoms with van der Waals surface area (Å²) in [6, 6.07) is 17.4. The molecule has 1 aliphatic rings. The SMILES string of the molecule is COc1ccccc1NC(=O)C1=C(C)NC(SCC(=O)Nc2c(C)cc(C)cc2C)=C(C#N)C1c1cccs1. The Morgan fingerprint density at radius 2 is 1.79 bits per heavy atom. The summed E-state index contributed by atoms with van der Waals surface area (Å²) in [6.07, 6.45) is 0. The Kier molecular flexibility index (Phi) is 8.79. The number of thioether (sulfide) groups is 1. The van der Waals surface area contributed by atoms with Gasteiger partial charge in [0, 0.05) is 21.8 Å². The molecule has 7 nitrogen and oxygen atoms in total. The lowest BCUT2D eigenvalue weighted by Gasteiger charge is -2.29. The van der Waals surface area contributed by atoms with Crippen LogP contribution in [-0.4, -0.2) is 24.7 Å². The highest BCUT2D eigenvalue weighted by Crippen LogP contribution is 2.42. The number of amides is 2. The average molecular weight is 559 g/mol. The van der Waals surface area contributed by atoms with Gasteiger partial charge in [0.25, 0.3) is 5.91 Å². The zero-order valence-electron chi connectivity index (χ0n) is 22.5. The summed E-state index contributed by atoms with van der Waals surface area (Å²) in [4.78, 5) is 27.4. The van der Waals surface area contributed by atoms with Gasteiger partial charge in [0.15, 0.2) is 0 Å². The molecule has 1 unspecified atom stereocenters. The van der Waals surface area contributed by atoms with Crippen LogP contribution in [0.1, 0.15) is 34.4 Å². The van der Waals surface area contributed by atoms with Gasteiger partial charge in [0.05, 0.1) is 41.1 Å². The number of dihydropyridines is 1. The Labute approximate surface area is 237 Å². The first-order valence-electron chi connectivity index (χ1n) is 12.3. The maximum Gasteiger partial charge on any atom is 0.254 e. The Bertz CT molecular complexity index is 1490. The maximum atomic E-state index is 13.6. The smallest absolute Gasteiger partial charge is 0.254 e. The molecule has 0 fully saturated rings. The molecule has 0 bridgehead atoms. The summed E-state index contributed by atoms with van der Waals surface area (Å²) >= 11 is 2.73. The van der Waals surface area contributed by atoms with E-state index in [0.29, 0.717) is 33.3 Å². The molecule has 0 radical (unpaired) electrons. The molecule has 2 amide bonds. The van der Waals surface area contributed by atoms with E-state index in [4.69, 9.17) is 4.74 Å². The molecule has 1 atom stereocenters. The van der Waals surface area contributed by atoms with E-state index in [0.717, 1.165) is 27.3 Å². The standard InChI is InChI=1S/C30H30N4O3S2/c1-17-13-18(2)28(19(3)14-17)34-25(35)16-39-30-21(15-31)27(24-11-8-12-38-24)26(20(4)32-30)29(36)33-22-9-6-7-10-23(22)37-5/h6-14,27,32H,16H2,1-5H3,(H,33,36)(H,34,35). The van der Waals surface area contributed by atoms with Gasteiger partial charge in [-0.25, -0.2) is 0 Å². The summed E-state index contributed by atoms with van der Waals surface area (Å²) in [5.74, 6) is -0.428. The third-order valence-electron chi connectivity index (χ3n) is 6.36. The largest absolute Gasteiger partial charge is 0.495 e. The van der Waals surface area contributed by atoms with Crippen molar-refractivity contribution < 1.29 is 14.3 Å². The Morgan fingerprint density at radius 3 is 2.44 bits per heavy atom. The van der Waals surface area contributed by atoms with Crippen molar-refractivity contribution in [1.82, 2.24) is 5.32 Å². The molecule has 0 aliphatic carbocycles. The first-order chi connectivity index (χ1) is 18.7. The number of methoxy groups -OCH3 is 1. The number of allylic oxidation sites excluding steroid dienone is 2. The number of carbonyl (C=O) groups excluding carboxylic acids is 2. The Balaban J connectivity index is 1.60. The second-order valence-electron chi connectivity index (χ2n) is 9.23. The number of hydrogen-bond donors (Lipinski definition) is 3. The van der Waals surface area contributed by atoms with Crippen molar-refractivity contribution in [3.8, 4) is 11.8 Å². The van der Waals surface area contributed by atoms with Crippen LogP contribution in [0.5, 0.6) is 5.75 Å². The van der Waals surface area contributed by atoms with Gasteiger partial charge >= 0.3 is 0 Å².